The van der Waals surface area contributed by atoms with Crippen LogP contribution in [-0.4, -0.2) is 45.7 Å². The monoisotopic (exact) mass is 424 g/mol. The zero-order chi connectivity index (χ0) is 20.9. The third-order valence-corrected chi connectivity index (χ3v) is 6.11. The molecule has 0 radical (unpaired) electrons. The van der Waals surface area contributed by atoms with E-state index in [4.69, 9.17) is 0 Å². The van der Waals surface area contributed by atoms with Crippen LogP contribution >= 0.6 is 11.8 Å². The molecule has 156 valence electrons. The standard InChI is InChI=1S/C23H25FN4OS/c1-30-23-25-12-15-28(23)21-8-4-18(5-9-21)22(29)26-20-10-13-27(14-11-20)16-17-2-6-19(24)7-3-17/h2-9,12,15,20H,10-11,13-14,16H2,1H3,(H,26,29). The molecule has 2 aromatic carbocycles. The van der Waals surface area contributed by atoms with Crippen LogP contribution < -0.4 is 5.32 Å². The van der Waals surface area contributed by atoms with Gasteiger partial charge in [0.15, 0.2) is 5.16 Å². The Morgan fingerprint density at radius 1 is 1.13 bits per heavy atom. The third kappa shape index (κ3) is 4.91. The molecule has 0 saturated carbocycles. The van der Waals surface area contributed by atoms with Crippen molar-refractivity contribution in [3.63, 3.8) is 0 Å². The van der Waals surface area contributed by atoms with Crippen molar-refractivity contribution in [2.45, 2.75) is 30.6 Å². The van der Waals surface area contributed by atoms with Crippen molar-refractivity contribution in [2.24, 2.45) is 0 Å². The highest BCUT2D eigenvalue weighted by Gasteiger charge is 2.21. The van der Waals surface area contributed by atoms with E-state index >= 15 is 0 Å². The van der Waals surface area contributed by atoms with Crippen molar-refractivity contribution in [1.82, 2.24) is 19.8 Å². The van der Waals surface area contributed by atoms with Gasteiger partial charge in [-0.05, 0) is 61.1 Å². The Morgan fingerprint density at radius 2 is 1.83 bits per heavy atom. The molecule has 0 atom stereocenters. The number of amides is 1. The predicted molar refractivity (Wildman–Crippen MR) is 118 cm³/mol. The lowest BCUT2D eigenvalue weighted by Gasteiger charge is -2.32. The number of carbonyl (C=O) groups excluding carboxylic acids is 1. The van der Waals surface area contributed by atoms with Crippen molar-refractivity contribution in [3.05, 3.63) is 77.9 Å². The topological polar surface area (TPSA) is 50.2 Å². The number of halogens is 1. The zero-order valence-electron chi connectivity index (χ0n) is 16.9. The summed E-state index contributed by atoms with van der Waals surface area (Å²) in [4.78, 5) is 19.3. The highest BCUT2D eigenvalue weighted by atomic mass is 32.2. The van der Waals surface area contributed by atoms with Gasteiger partial charge in [-0.3, -0.25) is 14.3 Å². The molecule has 1 saturated heterocycles. The fraction of sp³-hybridized carbons (Fsp3) is 0.304. The molecule has 1 aliphatic heterocycles. The molecule has 1 aliphatic rings. The molecule has 1 fully saturated rings. The molecule has 1 amide bonds. The number of benzene rings is 2. The highest BCUT2D eigenvalue weighted by molar-refractivity contribution is 7.98. The van der Waals surface area contributed by atoms with Crippen LogP contribution in [0.4, 0.5) is 4.39 Å². The lowest BCUT2D eigenvalue weighted by Crippen LogP contribution is -2.44. The van der Waals surface area contributed by atoms with Gasteiger partial charge in [-0.15, -0.1) is 0 Å². The van der Waals surface area contributed by atoms with E-state index in [1.54, 1.807) is 18.0 Å². The van der Waals surface area contributed by atoms with Crippen LogP contribution in [0, 0.1) is 5.82 Å². The molecule has 0 bridgehead atoms. The number of hydrogen-bond acceptors (Lipinski definition) is 4. The number of hydrogen-bond donors (Lipinski definition) is 1. The average molecular weight is 425 g/mol. The van der Waals surface area contributed by atoms with Crippen molar-refractivity contribution < 1.29 is 9.18 Å². The van der Waals surface area contributed by atoms with Crippen LogP contribution in [0.2, 0.25) is 0 Å². The maximum Gasteiger partial charge on any atom is 0.251 e. The van der Waals surface area contributed by atoms with Gasteiger partial charge in [0.1, 0.15) is 5.82 Å². The smallest absolute Gasteiger partial charge is 0.251 e. The van der Waals surface area contributed by atoms with E-state index in [-0.39, 0.29) is 17.8 Å². The third-order valence-electron chi connectivity index (χ3n) is 5.44. The van der Waals surface area contributed by atoms with Crippen LogP contribution in [-0.2, 0) is 6.54 Å². The Bertz CT molecular complexity index is 979. The summed E-state index contributed by atoms with van der Waals surface area (Å²) < 4.78 is 15.0. The SMILES string of the molecule is CSc1nccn1-c1ccc(C(=O)NC2CCN(Cc3ccc(F)cc3)CC2)cc1. The Kier molecular flexibility index (Phi) is 6.50. The van der Waals surface area contributed by atoms with Gasteiger partial charge in [-0.1, -0.05) is 23.9 Å². The first kappa shape index (κ1) is 20.6. The maximum atomic E-state index is 13.0. The van der Waals surface area contributed by atoms with E-state index in [0.29, 0.717) is 5.56 Å². The van der Waals surface area contributed by atoms with Crippen molar-refractivity contribution >= 4 is 17.7 Å². The van der Waals surface area contributed by atoms with Crippen LogP contribution in [0.3, 0.4) is 0 Å². The molecular formula is C23H25FN4OS. The van der Waals surface area contributed by atoms with Crippen molar-refractivity contribution in [1.29, 1.82) is 0 Å². The minimum Gasteiger partial charge on any atom is -0.349 e. The number of imidazole rings is 1. The van der Waals surface area contributed by atoms with E-state index in [1.165, 1.54) is 12.1 Å². The van der Waals surface area contributed by atoms with Gasteiger partial charge in [0.25, 0.3) is 5.91 Å². The second kappa shape index (κ2) is 9.45. The van der Waals surface area contributed by atoms with Gasteiger partial charge in [0.05, 0.1) is 0 Å². The number of aromatic nitrogens is 2. The van der Waals surface area contributed by atoms with E-state index < -0.39 is 0 Å². The summed E-state index contributed by atoms with van der Waals surface area (Å²) >= 11 is 1.58. The first-order valence-electron chi connectivity index (χ1n) is 10.1. The molecule has 30 heavy (non-hydrogen) atoms. The molecule has 1 N–H and O–H groups in total. The Labute approximate surface area is 180 Å². The maximum absolute atomic E-state index is 13.0. The van der Waals surface area contributed by atoms with Gasteiger partial charge < -0.3 is 5.32 Å². The second-order valence-electron chi connectivity index (χ2n) is 7.48. The number of rotatable bonds is 6. The summed E-state index contributed by atoms with van der Waals surface area (Å²) in [5.41, 5.74) is 2.77. The first-order chi connectivity index (χ1) is 14.6. The minimum atomic E-state index is -0.206. The normalized spacial score (nSPS) is 15.3. The highest BCUT2D eigenvalue weighted by Crippen LogP contribution is 2.19. The fourth-order valence-electron chi connectivity index (χ4n) is 3.76. The molecule has 5 nitrogen and oxygen atoms in total. The van der Waals surface area contributed by atoms with Gasteiger partial charge in [-0.2, -0.15) is 0 Å². The quantitative estimate of drug-likeness (QED) is 0.605. The number of thioether (sulfide) groups is 1. The summed E-state index contributed by atoms with van der Waals surface area (Å²) in [5, 5.41) is 4.08. The largest absolute Gasteiger partial charge is 0.349 e. The lowest BCUT2D eigenvalue weighted by atomic mass is 10.0. The average Bonchev–Trinajstić information content (AvgIpc) is 3.26. The molecule has 2 heterocycles. The van der Waals surface area contributed by atoms with Crippen molar-refractivity contribution in [2.75, 3.05) is 19.3 Å². The van der Waals surface area contributed by atoms with E-state index in [1.807, 2.05) is 53.4 Å². The number of nitrogens with one attached hydrogen (secondary N) is 1. The van der Waals surface area contributed by atoms with Crippen LogP contribution in [0.25, 0.3) is 5.69 Å². The van der Waals surface area contributed by atoms with E-state index in [2.05, 4.69) is 15.2 Å². The number of piperidine rings is 1. The first-order valence-corrected chi connectivity index (χ1v) is 11.3. The summed E-state index contributed by atoms with van der Waals surface area (Å²) in [6, 6.07) is 14.5. The second-order valence-corrected chi connectivity index (χ2v) is 8.25. The van der Waals surface area contributed by atoms with Crippen molar-refractivity contribution in [3.8, 4) is 5.69 Å². The molecule has 4 rings (SSSR count). The molecule has 0 aliphatic carbocycles. The predicted octanol–water partition coefficient (Wildman–Crippen LogP) is 4.13. The summed E-state index contributed by atoms with van der Waals surface area (Å²) in [7, 11) is 0. The molecule has 7 heteroatoms. The van der Waals surface area contributed by atoms with Crippen LogP contribution in [0.15, 0.2) is 66.1 Å². The fourth-order valence-corrected chi connectivity index (χ4v) is 4.29. The minimum absolute atomic E-state index is 0.0331. The van der Waals surface area contributed by atoms with E-state index in [0.717, 1.165) is 48.9 Å². The molecule has 3 aromatic rings. The summed E-state index contributed by atoms with van der Waals surface area (Å²) in [6.07, 6.45) is 7.51. The van der Waals surface area contributed by atoms with Crippen LogP contribution in [0.1, 0.15) is 28.8 Å². The van der Waals surface area contributed by atoms with Gasteiger partial charge >= 0.3 is 0 Å². The summed E-state index contributed by atoms with van der Waals surface area (Å²) in [5.74, 6) is -0.239. The number of likely N-dealkylation sites (tertiary alicyclic amines) is 1. The Hall–Kier alpha value is -2.64. The van der Waals surface area contributed by atoms with E-state index in [9.17, 15) is 9.18 Å². The van der Waals surface area contributed by atoms with Crippen LogP contribution in [0.5, 0.6) is 0 Å². The lowest BCUT2D eigenvalue weighted by molar-refractivity contribution is 0.0909. The molecule has 0 spiro atoms. The zero-order valence-corrected chi connectivity index (χ0v) is 17.7. The Morgan fingerprint density at radius 3 is 2.50 bits per heavy atom. The number of carbonyl (C=O) groups is 1. The van der Waals surface area contributed by atoms with Gasteiger partial charge in [-0.25, -0.2) is 9.37 Å². The molecular weight excluding hydrogens is 399 g/mol. The number of nitrogens with zero attached hydrogens (tertiary/aromatic N) is 3. The van der Waals surface area contributed by atoms with Gasteiger partial charge in [0, 0.05) is 49.3 Å². The summed E-state index contributed by atoms with van der Waals surface area (Å²) in [6.45, 7) is 2.65. The van der Waals surface area contributed by atoms with Gasteiger partial charge in [0.2, 0.25) is 0 Å². The molecule has 0 unspecified atom stereocenters. The Balaban J connectivity index is 1.29. The molecule has 1 aromatic heterocycles.